The molecule has 2 aromatic carbocycles. The summed E-state index contributed by atoms with van der Waals surface area (Å²) in [6, 6.07) is 12.8. The number of nitrogens with zero attached hydrogens (tertiary/aromatic N) is 1. The quantitative estimate of drug-likeness (QED) is 0.755. The van der Waals surface area contributed by atoms with Gasteiger partial charge in [-0.2, -0.15) is 0 Å². The second-order valence-electron chi connectivity index (χ2n) is 7.98. The van der Waals surface area contributed by atoms with Gasteiger partial charge in [-0.25, -0.2) is 4.39 Å². The number of piperidine rings is 1. The van der Waals surface area contributed by atoms with Crippen LogP contribution in [0.3, 0.4) is 0 Å². The van der Waals surface area contributed by atoms with Crippen LogP contribution in [0.1, 0.15) is 36.8 Å². The number of methoxy groups -OCH3 is 1. The zero-order chi connectivity index (χ0) is 20.4. The Morgan fingerprint density at radius 2 is 1.83 bits per heavy atom. The average Bonchev–Trinajstić information content (AvgIpc) is 2.96. The summed E-state index contributed by atoms with van der Waals surface area (Å²) in [4.78, 5) is 2.48. The molecule has 0 aliphatic carbocycles. The molecule has 0 unspecified atom stereocenters. The number of fused-ring (bicyclic) bond motifs is 2. The van der Waals surface area contributed by atoms with Crippen LogP contribution in [0.5, 0.6) is 11.5 Å². The van der Waals surface area contributed by atoms with Crippen LogP contribution in [0.2, 0.25) is 0 Å². The highest BCUT2D eigenvalue weighted by Crippen LogP contribution is 2.46. The predicted octanol–water partition coefficient (Wildman–Crippen LogP) is 3.86. The van der Waals surface area contributed by atoms with Crippen LogP contribution in [-0.2, 0) is 12.1 Å². The molecule has 0 radical (unpaired) electrons. The number of terminal acetylenes is 1. The minimum atomic E-state index is -0.888. The number of rotatable bonds is 6. The zero-order valence-electron chi connectivity index (χ0n) is 16.6. The lowest BCUT2D eigenvalue weighted by molar-refractivity contribution is -0.0595. The fourth-order valence-corrected chi connectivity index (χ4v) is 4.83. The van der Waals surface area contributed by atoms with E-state index in [-0.39, 0.29) is 12.4 Å². The van der Waals surface area contributed by atoms with Crippen LogP contribution < -0.4 is 9.47 Å². The van der Waals surface area contributed by atoms with E-state index < -0.39 is 5.60 Å². The van der Waals surface area contributed by atoms with E-state index in [0.29, 0.717) is 36.4 Å². The van der Waals surface area contributed by atoms with E-state index in [4.69, 9.17) is 15.9 Å². The Kier molecular flexibility index (Phi) is 5.49. The summed E-state index contributed by atoms with van der Waals surface area (Å²) in [6.45, 7) is 0.995. The predicted molar refractivity (Wildman–Crippen MR) is 109 cm³/mol. The first-order chi connectivity index (χ1) is 14.0. The summed E-state index contributed by atoms with van der Waals surface area (Å²) in [6.07, 6.45) is 8.72. The fraction of sp³-hybridized carbons (Fsp3) is 0.417. The van der Waals surface area contributed by atoms with Crippen molar-refractivity contribution in [1.29, 1.82) is 0 Å². The first-order valence-corrected chi connectivity index (χ1v) is 10.00. The summed E-state index contributed by atoms with van der Waals surface area (Å²) in [7, 11) is 1.62. The van der Waals surface area contributed by atoms with Gasteiger partial charge in [0, 0.05) is 18.6 Å². The Hall–Kier alpha value is -2.55. The Labute approximate surface area is 171 Å². The number of hydrogen-bond donors (Lipinski definition) is 1. The Bertz CT molecular complexity index is 891. The van der Waals surface area contributed by atoms with Gasteiger partial charge in [-0.05, 0) is 61.1 Å². The van der Waals surface area contributed by atoms with Crippen LogP contribution in [0.15, 0.2) is 42.5 Å². The molecule has 2 aliphatic heterocycles. The van der Waals surface area contributed by atoms with E-state index in [1.807, 2.05) is 18.2 Å². The SMILES string of the molecule is C#CCOc1ccc(CN2[C@H]3CC[C@H]2CC(O)(c2ccc(F)cc2)C3)cc1OC. The molecule has 4 rings (SSSR count). The third kappa shape index (κ3) is 3.96. The molecule has 4 nitrogen and oxygen atoms in total. The topological polar surface area (TPSA) is 41.9 Å². The molecule has 0 spiro atoms. The van der Waals surface area contributed by atoms with E-state index in [0.717, 1.165) is 30.5 Å². The summed E-state index contributed by atoms with van der Waals surface area (Å²) < 4.78 is 24.3. The molecule has 1 N–H and O–H groups in total. The van der Waals surface area contributed by atoms with Crippen molar-refractivity contribution in [1.82, 2.24) is 4.90 Å². The molecule has 2 heterocycles. The van der Waals surface area contributed by atoms with Crippen LogP contribution in [0.4, 0.5) is 4.39 Å². The lowest BCUT2D eigenvalue weighted by Gasteiger charge is -2.44. The molecule has 2 atom stereocenters. The molecule has 2 fully saturated rings. The standard InChI is InChI=1S/C24H26FNO3/c1-3-12-29-22-11-4-17(13-23(22)28-2)16-26-20-9-10-21(26)15-24(27,14-20)18-5-7-19(25)8-6-18/h1,4-8,11,13,20-21,27H,9-10,12,14-16H2,2H3/t20-,21-/m0/s1. The molecule has 2 bridgehead atoms. The van der Waals surface area contributed by atoms with Crippen molar-refractivity contribution < 1.29 is 19.0 Å². The van der Waals surface area contributed by atoms with E-state index in [1.165, 1.54) is 12.1 Å². The van der Waals surface area contributed by atoms with Crippen molar-refractivity contribution in [2.75, 3.05) is 13.7 Å². The molecule has 5 heteroatoms. The van der Waals surface area contributed by atoms with E-state index in [9.17, 15) is 9.50 Å². The van der Waals surface area contributed by atoms with Crippen molar-refractivity contribution >= 4 is 0 Å². The van der Waals surface area contributed by atoms with E-state index in [1.54, 1.807) is 19.2 Å². The summed E-state index contributed by atoms with van der Waals surface area (Å²) in [5.74, 6) is 3.50. The zero-order valence-corrected chi connectivity index (χ0v) is 16.6. The number of halogens is 1. The Balaban J connectivity index is 1.49. The van der Waals surface area contributed by atoms with Crippen molar-refractivity contribution in [2.45, 2.75) is 49.9 Å². The van der Waals surface area contributed by atoms with E-state index >= 15 is 0 Å². The highest BCUT2D eigenvalue weighted by Gasteiger charge is 2.48. The molecular formula is C24H26FNO3. The van der Waals surface area contributed by atoms with Gasteiger partial charge < -0.3 is 14.6 Å². The molecule has 2 aromatic rings. The van der Waals surface area contributed by atoms with Gasteiger partial charge in [-0.3, -0.25) is 4.90 Å². The normalized spacial score (nSPS) is 26.1. The Morgan fingerprint density at radius 1 is 1.14 bits per heavy atom. The second-order valence-corrected chi connectivity index (χ2v) is 7.98. The van der Waals surface area contributed by atoms with Crippen molar-refractivity contribution in [3.8, 4) is 23.8 Å². The van der Waals surface area contributed by atoms with Gasteiger partial charge in [0.15, 0.2) is 11.5 Å². The van der Waals surface area contributed by atoms with Gasteiger partial charge in [-0.1, -0.05) is 24.1 Å². The van der Waals surface area contributed by atoms with Gasteiger partial charge in [0.1, 0.15) is 12.4 Å². The van der Waals surface area contributed by atoms with Crippen molar-refractivity contribution in [2.24, 2.45) is 0 Å². The highest BCUT2D eigenvalue weighted by atomic mass is 19.1. The van der Waals surface area contributed by atoms with E-state index in [2.05, 4.69) is 10.8 Å². The third-order valence-electron chi connectivity index (χ3n) is 6.20. The molecule has 0 saturated carbocycles. The minimum Gasteiger partial charge on any atom is -0.493 e. The molecule has 0 amide bonds. The smallest absolute Gasteiger partial charge is 0.162 e. The van der Waals surface area contributed by atoms with Crippen LogP contribution >= 0.6 is 0 Å². The number of ether oxygens (including phenoxy) is 2. The molecule has 0 aromatic heterocycles. The molecular weight excluding hydrogens is 369 g/mol. The summed E-state index contributed by atoms with van der Waals surface area (Å²) in [5, 5.41) is 11.3. The van der Waals surface area contributed by atoms with Gasteiger partial charge in [0.25, 0.3) is 0 Å². The first-order valence-electron chi connectivity index (χ1n) is 10.00. The van der Waals surface area contributed by atoms with Gasteiger partial charge in [-0.15, -0.1) is 6.42 Å². The van der Waals surface area contributed by atoms with Crippen molar-refractivity contribution in [3.63, 3.8) is 0 Å². The molecule has 152 valence electrons. The monoisotopic (exact) mass is 395 g/mol. The summed E-state index contributed by atoms with van der Waals surface area (Å²) in [5.41, 5.74) is 1.06. The van der Waals surface area contributed by atoms with Gasteiger partial charge in [0.2, 0.25) is 0 Å². The maximum atomic E-state index is 13.3. The number of aliphatic hydroxyl groups is 1. The van der Waals surface area contributed by atoms with Crippen LogP contribution in [0, 0.1) is 18.2 Å². The lowest BCUT2D eigenvalue weighted by atomic mass is 9.80. The number of benzene rings is 2. The minimum absolute atomic E-state index is 0.202. The molecule has 29 heavy (non-hydrogen) atoms. The molecule has 2 saturated heterocycles. The fourth-order valence-electron chi connectivity index (χ4n) is 4.83. The maximum Gasteiger partial charge on any atom is 0.162 e. The largest absolute Gasteiger partial charge is 0.493 e. The average molecular weight is 395 g/mol. The summed E-state index contributed by atoms with van der Waals surface area (Å²) >= 11 is 0. The first kappa shape index (κ1) is 19.8. The molecule has 2 aliphatic rings. The van der Waals surface area contributed by atoms with Gasteiger partial charge >= 0.3 is 0 Å². The van der Waals surface area contributed by atoms with Crippen molar-refractivity contribution in [3.05, 3.63) is 59.4 Å². The lowest BCUT2D eigenvalue weighted by Crippen LogP contribution is -2.49. The highest BCUT2D eigenvalue weighted by molar-refractivity contribution is 5.43. The number of hydrogen-bond acceptors (Lipinski definition) is 4. The van der Waals surface area contributed by atoms with Crippen LogP contribution in [-0.4, -0.2) is 35.8 Å². The second kappa shape index (κ2) is 8.06. The Morgan fingerprint density at radius 3 is 2.45 bits per heavy atom. The van der Waals surface area contributed by atoms with Gasteiger partial charge in [0.05, 0.1) is 12.7 Å². The maximum absolute atomic E-state index is 13.3. The third-order valence-corrected chi connectivity index (χ3v) is 6.20. The van der Waals surface area contributed by atoms with Crippen LogP contribution in [0.25, 0.3) is 0 Å².